The van der Waals surface area contributed by atoms with Gasteiger partial charge in [0.25, 0.3) is 0 Å². The average molecular weight is 257 g/mol. The zero-order valence-electron chi connectivity index (χ0n) is 10.2. The van der Waals surface area contributed by atoms with Gasteiger partial charge in [0.15, 0.2) is 0 Å². The Morgan fingerprint density at radius 1 is 1.35 bits per heavy atom. The second-order valence-corrected chi connectivity index (χ2v) is 4.15. The maximum Gasteiger partial charge on any atom is 0.123 e. The molecule has 17 heavy (non-hydrogen) atoms. The van der Waals surface area contributed by atoms with Gasteiger partial charge in [0, 0.05) is 23.6 Å². The van der Waals surface area contributed by atoms with Gasteiger partial charge < -0.3 is 9.88 Å². The molecule has 0 radical (unpaired) electrons. The van der Waals surface area contributed by atoms with Crippen LogP contribution < -0.4 is 0 Å². The van der Waals surface area contributed by atoms with Gasteiger partial charge in [0.1, 0.15) is 5.82 Å². The van der Waals surface area contributed by atoms with Crippen LogP contribution in [0, 0.1) is 5.82 Å². The number of aromatic nitrogens is 1. The Bertz CT molecular complexity index is 481. The van der Waals surface area contributed by atoms with Gasteiger partial charge in [-0.05, 0) is 43.8 Å². The molecule has 0 aliphatic rings. The molecule has 0 spiro atoms. The van der Waals surface area contributed by atoms with E-state index in [1.807, 2.05) is 6.20 Å². The van der Waals surface area contributed by atoms with Crippen molar-refractivity contribution in [1.82, 2.24) is 9.88 Å². The van der Waals surface area contributed by atoms with Crippen LogP contribution in [-0.4, -0.2) is 30.0 Å². The van der Waals surface area contributed by atoms with E-state index < -0.39 is 0 Å². The van der Waals surface area contributed by atoms with Crippen molar-refractivity contribution in [3.8, 4) is 0 Å². The van der Waals surface area contributed by atoms with E-state index >= 15 is 0 Å². The summed E-state index contributed by atoms with van der Waals surface area (Å²) >= 11 is 0. The Kier molecular flexibility index (Phi) is 4.97. The lowest BCUT2D eigenvalue weighted by molar-refractivity contribution is 0.358. The van der Waals surface area contributed by atoms with Gasteiger partial charge in [-0.3, -0.25) is 0 Å². The van der Waals surface area contributed by atoms with Gasteiger partial charge in [0.2, 0.25) is 0 Å². The molecule has 0 aliphatic heterocycles. The molecular formula is C13H18ClFN2. The van der Waals surface area contributed by atoms with Crippen molar-refractivity contribution in [2.75, 3.05) is 20.1 Å². The van der Waals surface area contributed by atoms with Crippen molar-refractivity contribution >= 4 is 23.3 Å². The summed E-state index contributed by atoms with van der Waals surface area (Å²) in [5.74, 6) is -0.169. The van der Waals surface area contributed by atoms with E-state index in [9.17, 15) is 4.39 Å². The fourth-order valence-electron chi connectivity index (χ4n) is 1.83. The molecule has 1 N–H and O–H groups in total. The lowest BCUT2D eigenvalue weighted by Gasteiger charge is -2.12. The molecule has 1 aromatic heterocycles. The lowest BCUT2D eigenvalue weighted by Crippen LogP contribution is -2.20. The van der Waals surface area contributed by atoms with Gasteiger partial charge in [-0.2, -0.15) is 0 Å². The molecule has 0 bridgehead atoms. The number of rotatable bonds is 4. The van der Waals surface area contributed by atoms with Crippen LogP contribution in [0.25, 0.3) is 10.9 Å². The fraction of sp³-hybridized carbons (Fsp3) is 0.385. The Morgan fingerprint density at radius 2 is 2.12 bits per heavy atom. The minimum absolute atomic E-state index is 0. The highest BCUT2D eigenvalue weighted by molar-refractivity contribution is 5.85. The number of hydrogen-bond donors (Lipinski definition) is 1. The number of H-pyrrole nitrogens is 1. The Morgan fingerprint density at radius 3 is 2.82 bits per heavy atom. The van der Waals surface area contributed by atoms with E-state index in [4.69, 9.17) is 0 Å². The minimum atomic E-state index is -0.169. The standard InChI is InChI=1S/C13H17FN2.ClH/c1-3-16(2)7-6-10-9-15-13-5-4-11(14)8-12(10)13;/h4-5,8-9,15H,3,6-7H2,1-2H3;1H. The molecule has 0 aliphatic carbocycles. The number of nitrogens with zero attached hydrogens (tertiary/aromatic N) is 1. The van der Waals surface area contributed by atoms with Crippen LogP contribution in [0.4, 0.5) is 4.39 Å². The summed E-state index contributed by atoms with van der Waals surface area (Å²) in [6.07, 6.45) is 2.93. The van der Waals surface area contributed by atoms with Crippen LogP contribution in [0.3, 0.4) is 0 Å². The third kappa shape index (κ3) is 3.20. The third-order valence-corrected chi connectivity index (χ3v) is 3.03. The van der Waals surface area contributed by atoms with Crippen LogP contribution in [0.5, 0.6) is 0 Å². The van der Waals surface area contributed by atoms with Crippen molar-refractivity contribution in [2.24, 2.45) is 0 Å². The van der Waals surface area contributed by atoms with E-state index in [1.54, 1.807) is 12.1 Å². The van der Waals surface area contributed by atoms with E-state index in [-0.39, 0.29) is 18.2 Å². The molecule has 0 saturated heterocycles. The van der Waals surface area contributed by atoms with Crippen molar-refractivity contribution in [2.45, 2.75) is 13.3 Å². The number of hydrogen-bond acceptors (Lipinski definition) is 1. The number of aromatic amines is 1. The van der Waals surface area contributed by atoms with Crippen molar-refractivity contribution in [3.05, 3.63) is 35.8 Å². The zero-order chi connectivity index (χ0) is 11.5. The molecule has 0 fully saturated rings. The minimum Gasteiger partial charge on any atom is -0.361 e. The topological polar surface area (TPSA) is 19.0 Å². The molecule has 2 nitrogen and oxygen atoms in total. The lowest BCUT2D eigenvalue weighted by atomic mass is 10.1. The van der Waals surface area contributed by atoms with E-state index in [0.717, 1.165) is 30.4 Å². The largest absolute Gasteiger partial charge is 0.361 e. The number of likely N-dealkylation sites (N-methyl/N-ethyl adjacent to an activating group) is 1. The molecule has 1 heterocycles. The first-order chi connectivity index (χ1) is 7.70. The first kappa shape index (κ1) is 14.0. The predicted octanol–water partition coefficient (Wildman–Crippen LogP) is 3.22. The van der Waals surface area contributed by atoms with Crippen LogP contribution >= 0.6 is 12.4 Å². The second-order valence-electron chi connectivity index (χ2n) is 4.15. The van der Waals surface area contributed by atoms with Gasteiger partial charge in [-0.1, -0.05) is 6.92 Å². The molecule has 1 aromatic carbocycles. The molecule has 0 atom stereocenters. The maximum atomic E-state index is 13.1. The molecule has 2 aromatic rings. The normalized spacial score (nSPS) is 10.8. The number of benzene rings is 1. The summed E-state index contributed by atoms with van der Waals surface area (Å²) in [6.45, 7) is 4.17. The first-order valence-electron chi connectivity index (χ1n) is 5.64. The molecule has 94 valence electrons. The fourth-order valence-corrected chi connectivity index (χ4v) is 1.83. The zero-order valence-corrected chi connectivity index (χ0v) is 11.0. The molecule has 0 saturated carbocycles. The summed E-state index contributed by atoms with van der Waals surface area (Å²) in [4.78, 5) is 5.42. The van der Waals surface area contributed by atoms with Crippen molar-refractivity contribution in [3.63, 3.8) is 0 Å². The third-order valence-electron chi connectivity index (χ3n) is 3.03. The monoisotopic (exact) mass is 256 g/mol. The summed E-state index contributed by atoms with van der Waals surface area (Å²) in [5.41, 5.74) is 2.20. The second kappa shape index (κ2) is 6.03. The highest BCUT2D eigenvalue weighted by Crippen LogP contribution is 2.19. The van der Waals surface area contributed by atoms with E-state index in [1.165, 1.54) is 11.6 Å². The highest BCUT2D eigenvalue weighted by atomic mass is 35.5. The quantitative estimate of drug-likeness (QED) is 0.890. The first-order valence-corrected chi connectivity index (χ1v) is 5.64. The number of nitrogens with one attached hydrogen (secondary N) is 1. The van der Waals surface area contributed by atoms with Gasteiger partial charge >= 0.3 is 0 Å². The van der Waals surface area contributed by atoms with Crippen molar-refractivity contribution in [1.29, 1.82) is 0 Å². The SMILES string of the molecule is CCN(C)CCc1c[nH]c2ccc(F)cc12.Cl. The highest BCUT2D eigenvalue weighted by Gasteiger charge is 2.05. The molecule has 2 rings (SSSR count). The molecule has 4 heteroatoms. The van der Waals surface area contributed by atoms with E-state index in [2.05, 4.69) is 23.9 Å². The summed E-state index contributed by atoms with van der Waals surface area (Å²) < 4.78 is 13.1. The van der Waals surface area contributed by atoms with Crippen LogP contribution in [0.15, 0.2) is 24.4 Å². The van der Waals surface area contributed by atoms with Gasteiger partial charge in [-0.25, -0.2) is 4.39 Å². The molecular weight excluding hydrogens is 239 g/mol. The average Bonchev–Trinajstić information content (AvgIpc) is 2.68. The maximum absolute atomic E-state index is 13.1. The summed E-state index contributed by atoms with van der Waals surface area (Å²) in [7, 11) is 2.09. The predicted molar refractivity (Wildman–Crippen MR) is 72.4 cm³/mol. The Hall–Kier alpha value is -1.06. The Labute approximate surface area is 107 Å². The molecule has 0 amide bonds. The number of halogens is 2. The molecule has 0 unspecified atom stereocenters. The Balaban J connectivity index is 0.00000144. The smallest absolute Gasteiger partial charge is 0.123 e. The van der Waals surface area contributed by atoms with Crippen molar-refractivity contribution < 1.29 is 4.39 Å². The van der Waals surface area contributed by atoms with E-state index in [0.29, 0.717) is 0 Å². The summed E-state index contributed by atoms with van der Waals surface area (Å²) in [6, 6.07) is 4.88. The number of fused-ring (bicyclic) bond motifs is 1. The van der Waals surface area contributed by atoms with Gasteiger partial charge in [0.05, 0.1) is 0 Å². The summed E-state index contributed by atoms with van der Waals surface area (Å²) in [5, 5.41) is 1.00. The van der Waals surface area contributed by atoms with Crippen LogP contribution in [0.2, 0.25) is 0 Å². The van der Waals surface area contributed by atoms with Gasteiger partial charge in [-0.15, -0.1) is 12.4 Å². The van der Waals surface area contributed by atoms with Crippen LogP contribution in [-0.2, 0) is 6.42 Å². The van der Waals surface area contributed by atoms with Crippen LogP contribution in [0.1, 0.15) is 12.5 Å².